The molecule has 0 saturated carbocycles. The zero-order valence-corrected chi connectivity index (χ0v) is 13.6. The first-order chi connectivity index (χ1) is 11.6. The van der Waals surface area contributed by atoms with Crippen LogP contribution in [0, 0.1) is 5.41 Å². The third-order valence-corrected chi connectivity index (χ3v) is 4.97. The van der Waals surface area contributed by atoms with Crippen molar-refractivity contribution in [1.82, 2.24) is 14.5 Å². The van der Waals surface area contributed by atoms with Crippen LogP contribution in [0.15, 0.2) is 49.1 Å². The monoisotopic (exact) mass is 329 g/mol. The van der Waals surface area contributed by atoms with Gasteiger partial charge in [0.1, 0.15) is 5.41 Å². The number of aromatic nitrogens is 2. The molecule has 2 aromatic rings. The van der Waals surface area contributed by atoms with Crippen LogP contribution in [0.4, 0.5) is 0 Å². The van der Waals surface area contributed by atoms with Gasteiger partial charge in [-0.1, -0.05) is 30.3 Å². The second kappa shape index (κ2) is 7.15. The van der Waals surface area contributed by atoms with Gasteiger partial charge in [-0.05, 0) is 24.9 Å². The Morgan fingerprint density at radius 1 is 1.29 bits per heavy atom. The largest absolute Gasteiger partial charge is 0.481 e. The SMILES string of the molecule is O=C(O)[C@@]1(Cc2ccccc2)CCN(CCn2ccnc2)C[C@H]1O. The first-order valence-electron chi connectivity index (χ1n) is 8.24. The van der Waals surface area contributed by atoms with Gasteiger partial charge in [-0.25, -0.2) is 4.98 Å². The summed E-state index contributed by atoms with van der Waals surface area (Å²) in [5, 5.41) is 20.4. The van der Waals surface area contributed by atoms with Gasteiger partial charge in [-0.15, -0.1) is 0 Å². The number of imidazole rings is 1. The summed E-state index contributed by atoms with van der Waals surface area (Å²) in [5.74, 6) is -0.909. The van der Waals surface area contributed by atoms with Gasteiger partial charge in [0.15, 0.2) is 0 Å². The predicted octanol–water partition coefficient (Wildman–Crippen LogP) is 1.26. The molecule has 0 unspecified atom stereocenters. The highest BCUT2D eigenvalue weighted by atomic mass is 16.4. The summed E-state index contributed by atoms with van der Waals surface area (Å²) in [6, 6.07) is 9.55. The number of aliphatic hydroxyl groups excluding tert-OH is 1. The molecule has 0 aliphatic carbocycles. The highest BCUT2D eigenvalue weighted by Crippen LogP contribution is 2.36. The molecule has 0 bridgehead atoms. The number of piperidine rings is 1. The predicted molar refractivity (Wildman–Crippen MR) is 89.5 cm³/mol. The van der Waals surface area contributed by atoms with Gasteiger partial charge in [-0.2, -0.15) is 0 Å². The van der Waals surface area contributed by atoms with Gasteiger partial charge in [0, 0.05) is 32.0 Å². The summed E-state index contributed by atoms with van der Waals surface area (Å²) < 4.78 is 1.98. The quantitative estimate of drug-likeness (QED) is 0.834. The van der Waals surface area contributed by atoms with Crippen molar-refractivity contribution in [3.8, 4) is 0 Å². The smallest absolute Gasteiger partial charge is 0.312 e. The van der Waals surface area contributed by atoms with E-state index in [-0.39, 0.29) is 0 Å². The maximum absolute atomic E-state index is 12.0. The molecule has 128 valence electrons. The van der Waals surface area contributed by atoms with Crippen molar-refractivity contribution < 1.29 is 15.0 Å². The zero-order chi connectivity index (χ0) is 17.0. The van der Waals surface area contributed by atoms with Crippen LogP contribution >= 0.6 is 0 Å². The van der Waals surface area contributed by atoms with E-state index in [1.165, 1.54) is 0 Å². The Balaban J connectivity index is 1.65. The van der Waals surface area contributed by atoms with E-state index < -0.39 is 17.5 Å². The minimum absolute atomic E-state index is 0.361. The second-order valence-corrected chi connectivity index (χ2v) is 6.49. The summed E-state index contributed by atoms with van der Waals surface area (Å²) in [4.78, 5) is 18.1. The first kappa shape index (κ1) is 16.7. The van der Waals surface area contributed by atoms with Crippen molar-refractivity contribution >= 4 is 5.97 Å². The molecule has 0 amide bonds. The average Bonchev–Trinajstić information content (AvgIpc) is 3.09. The van der Waals surface area contributed by atoms with E-state index in [0.29, 0.717) is 25.9 Å². The summed E-state index contributed by atoms with van der Waals surface area (Å²) in [6.07, 6.45) is 5.32. The molecule has 6 nitrogen and oxygen atoms in total. The van der Waals surface area contributed by atoms with E-state index >= 15 is 0 Å². The van der Waals surface area contributed by atoms with Crippen molar-refractivity contribution in [3.05, 3.63) is 54.6 Å². The molecule has 1 fully saturated rings. The highest BCUT2D eigenvalue weighted by molar-refractivity contribution is 5.76. The molecule has 24 heavy (non-hydrogen) atoms. The van der Waals surface area contributed by atoms with E-state index in [0.717, 1.165) is 18.7 Å². The molecule has 0 radical (unpaired) electrons. The number of nitrogens with zero attached hydrogens (tertiary/aromatic N) is 3. The Kier molecular flexibility index (Phi) is 4.97. The number of hydrogen-bond acceptors (Lipinski definition) is 4. The van der Waals surface area contributed by atoms with Crippen LogP contribution in [0.25, 0.3) is 0 Å². The Labute approximate surface area is 141 Å². The third kappa shape index (κ3) is 3.49. The number of aliphatic hydroxyl groups is 1. The molecule has 3 rings (SSSR count). The Hall–Kier alpha value is -2.18. The molecule has 0 spiro atoms. The fourth-order valence-electron chi connectivity index (χ4n) is 3.41. The van der Waals surface area contributed by atoms with Gasteiger partial charge in [0.2, 0.25) is 0 Å². The van der Waals surface area contributed by atoms with Crippen molar-refractivity contribution in [2.24, 2.45) is 5.41 Å². The third-order valence-electron chi connectivity index (χ3n) is 4.97. The summed E-state index contributed by atoms with van der Waals surface area (Å²) in [7, 11) is 0. The van der Waals surface area contributed by atoms with E-state index in [4.69, 9.17) is 0 Å². The lowest BCUT2D eigenvalue weighted by molar-refractivity contribution is -0.162. The van der Waals surface area contributed by atoms with Crippen molar-refractivity contribution in [2.75, 3.05) is 19.6 Å². The van der Waals surface area contributed by atoms with Crippen LogP contribution in [-0.2, 0) is 17.8 Å². The fourth-order valence-corrected chi connectivity index (χ4v) is 3.41. The molecule has 1 aromatic carbocycles. The van der Waals surface area contributed by atoms with E-state index in [2.05, 4.69) is 9.88 Å². The van der Waals surface area contributed by atoms with Crippen LogP contribution < -0.4 is 0 Å². The number of carbonyl (C=O) groups is 1. The number of β-amino-alcohol motifs (C(OH)–C–C–N with tert-alkyl or cyclic N) is 1. The molecular weight excluding hydrogens is 306 g/mol. The van der Waals surface area contributed by atoms with E-state index in [9.17, 15) is 15.0 Å². The fraction of sp³-hybridized carbons (Fsp3) is 0.444. The van der Waals surface area contributed by atoms with Crippen LogP contribution in [0.2, 0.25) is 0 Å². The van der Waals surface area contributed by atoms with Crippen LogP contribution in [0.3, 0.4) is 0 Å². The molecule has 1 saturated heterocycles. The van der Waals surface area contributed by atoms with E-state index in [1.54, 1.807) is 12.5 Å². The van der Waals surface area contributed by atoms with Gasteiger partial charge in [0.05, 0.1) is 12.4 Å². The first-order valence-corrected chi connectivity index (χ1v) is 8.24. The van der Waals surface area contributed by atoms with Gasteiger partial charge in [-0.3, -0.25) is 9.69 Å². The number of hydrogen-bond donors (Lipinski definition) is 2. The normalized spacial score (nSPS) is 24.8. The number of likely N-dealkylation sites (tertiary alicyclic amines) is 1. The Morgan fingerprint density at radius 2 is 2.08 bits per heavy atom. The van der Waals surface area contributed by atoms with Gasteiger partial charge < -0.3 is 14.8 Å². The molecule has 2 heterocycles. The molecular formula is C18H23N3O3. The maximum Gasteiger partial charge on any atom is 0.312 e. The molecule has 1 aliphatic rings. The number of carboxylic acid groups (broad SMARTS) is 1. The zero-order valence-electron chi connectivity index (χ0n) is 13.6. The van der Waals surface area contributed by atoms with Crippen LogP contribution in [0.1, 0.15) is 12.0 Å². The van der Waals surface area contributed by atoms with Gasteiger partial charge >= 0.3 is 5.97 Å². The number of rotatable bonds is 6. The lowest BCUT2D eigenvalue weighted by Gasteiger charge is -2.43. The lowest BCUT2D eigenvalue weighted by Crippen LogP contribution is -2.56. The maximum atomic E-state index is 12.0. The van der Waals surface area contributed by atoms with Crippen molar-refractivity contribution in [1.29, 1.82) is 0 Å². The molecule has 1 aromatic heterocycles. The Morgan fingerprint density at radius 3 is 2.71 bits per heavy atom. The number of benzene rings is 1. The van der Waals surface area contributed by atoms with Crippen LogP contribution in [-0.4, -0.2) is 56.4 Å². The van der Waals surface area contributed by atoms with Gasteiger partial charge in [0.25, 0.3) is 0 Å². The molecule has 1 aliphatic heterocycles. The topological polar surface area (TPSA) is 78.6 Å². The minimum atomic E-state index is -1.10. The molecule has 6 heteroatoms. The summed E-state index contributed by atoms with van der Waals surface area (Å²) in [5.41, 5.74) is -0.154. The van der Waals surface area contributed by atoms with Crippen molar-refractivity contribution in [3.63, 3.8) is 0 Å². The minimum Gasteiger partial charge on any atom is -0.481 e. The molecule has 2 atom stereocenters. The Bertz CT molecular complexity index is 659. The molecule has 2 N–H and O–H groups in total. The lowest BCUT2D eigenvalue weighted by atomic mass is 9.71. The summed E-state index contributed by atoms with van der Waals surface area (Å²) in [6.45, 7) is 2.61. The highest BCUT2D eigenvalue weighted by Gasteiger charge is 2.48. The standard InChI is InChI=1S/C18H23N3O3/c22-16-13-20(10-11-21-9-7-19-14-21)8-6-18(16,17(23)24)12-15-4-2-1-3-5-15/h1-5,7,9,14,16,22H,6,8,10-13H2,(H,23,24)/t16-,18-/m1/s1. The van der Waals surface area contributed by atoms with E-state index in [1.807, 2.05) is 41.1 Å². The number of carboxylic acids is 1. The van der Waals surface area contributed by atoms with Crippen molar-refractivity contribution in [2.45, 2.75) is 25.5 Å². The second-order valence-electron chi connectivity index (χ2n) is 6.49. The average molecular weight is 329 g/mol. The summed E-state index contributed by atoms with van der Waals surface area (Å²) >= 11 is 0. The van der Waals surface area contributed by atoms with Crippen LogP contribution in [0.5, 0.6) is 0 Å². The number of aliphatic carboxylic acids is 1.